The Morgan fingerprint density at radius 3 is 2.81 bits per heavy atom. The molecule has 0 amide bonds. The van der Waals surface area contributed by atoms with Crippen LogP contribution in [-0.2, 0) is 16.1 Å². The van der Waals surface area contributed by atoms with E-state index in [1.807, 2.05) is 20.8 Å². The molecule has 0 saturated carbocycles. The van der Waals surface area contributed by atoms with Gasteiger partial charge in [0.25, 0.3) is 0 Å². The molecule has 1 aromatic carbocycles. The summed E-state index contributed by atoms with van der Waals surface area (Å²) in [5.41, 5.74) is 0.517. The Hall–Kier alpha value is -0.940. The lowest BCUT2D eigenvalue weighted by Gasteiger charge is -2.27. The fraction of sp³-hybridized carbons (Fsp3) is 0.562. The lowest BCUT2D eigenvalue weighted by molar-refractivity contribution is -0.160. The molecule has 0 radical (unpaired) electrons. The van der Waals surface area contributed by atoms with Crippen molar-refractivity contribution in [1.82, 2.24) is 4.90 Å². The van der Waals surface area contributed by atoms with Crippen molar-refractivity contribution in [1.29, 1.82) is 0 Å². The van der Waals surface area contributed by atoms with Crippen molar-refractivity contribution in [2.45, 2.75) is 51.8 Å². The van der Waals surface area contributed by atoms with E-state index in [4.69, 9.17) is 4.74 Å². The predicted octanol–water partition coefficient (Wildman–Crippen LogP) is 3.89. The van der Waals surface area contributed by atoms with Crippen LogP contribution in [0.4, 0.5) is 4.39 Å². The van der Waals surface area contributed by atoms with Gasteiger partial charge in [0.2, 0.25) is 0 Å². The number of carbonyl (C=O) groups excluding carboxylic acids is 1. The Kier molecular flexibility index (Phi) is 5.04. The van der Waals surface area contributed by atoms with Gasteiger partial charge < -0.3 is 4.74 Å². The molecule has 116 valence electrons. The molecule has 3 nitrogen and oxygen atoms in total. The van der Waals surface area contributed by atoms with Crippen molar-refractivity contribution in [2.24, 2.45) is 0 Å². The number of rotatable bonds is 3. The third-order valence-electron chi connectivity index (χ3n) is 3.41. The van der Waals surface area contributed by atoms with Gasteiger partial charge >= 0.3 is 5.97 Å². The van der Waals surface area contributed by atoms with Crippen LogP contribution in [0.25, 0.3) is 0 Å². The molecule has 1 fully saturated rings. The molecule has 1 aliphatic heterocycles. The molecule has 1 atom stereocenters. The summed E-state index contributed by atoms with van der Waals surface area (Å²) >= 11 is 3.19. The largest absolute Gasteiger partial charge is 0.459 e. The number of esters is 1. The number of hydrogen-bond acceptors (Lipinski definition) is 3. The normalized spacial score (nSPS) is 19.8. The topological polar surface area (TPSA) is 29.5 Å². The van der Waals surface area contributed by atoms with Gasteiger partial charge in [0.15, 0.2) is 0 Å². The van der Waals surface area contributed by atoms with Crippen LogP contribution < -0.4 is 0 Å². The summed E-state index contributed by atoms with van der Waals surface area (Å²) in [6, 6.07) is 4.76. The monoisotopic (exact) mass is 357 g/mol. The molecule has 21 heavy (non-hydrogen) atoms. The van der Waals surface area contributed by atoms with Gasteiger partial charge in [0, 0.05) is 6.54 Å². The van der Waals surface area contributed by atoms with Crippen molar-refractivity contribution < 1.29 is 13.9 Å². The summed E-state index contributed by atoms with van der Waals surface area (Å²) < 4.78 is 19.2. The molecule has 5 heteroatoms. The van der Waals surface area contributed by atoms with Crippen molar-refractivity contribution in [3.8, 4) is 0 Å². The maximum atomic E-state index is 13.3. The van der Waals surface area contributed by atoms with E-state index in [2.05, 4.69) is 20.8 Å². The first-order valence-electron chi connectivity index (χ1n) is 7.17. The number of ether oxygens (including phenoxy) is 1. The second kappa shape index (κ2) is 6.44. The van der Waals surface area contributed by atoms with Crippen molar-refractivity contribution in [3.63, 3.8) is 0 Å². The van der Waals surface area contributed by atoms with E-state index in [0.29, 0.717) is 11.0 Å². The maximum Gasteiger partial charge on any atom is 0.323 e. The van der Waals surface area contributed by atoms with Gasteiger partial charge in [-0.15, -0.1) is 0 Å². The van der Waals surface area contributed by atoms with Gasteiger partial charge in [-0.05, 0) is 73.8 Å². The predicted molar refractivity (Wildman–Crippen MR) is 83.4 cm³/mol. The fourth-order valence-corrected chi connectivity index (χ4v) is 2.95. The maximum absolute atomic E-state index is 13.3. The lowest BCUT2D eigenvalue weighted by Crippen LogP contribution is -2.40. The van der Waals surface area contributed by atoms with Crippen LogP contribution in [0.1, 0.15) is 39.2 Å². The minimum Gasteiger partial charge on any atom is -0.459 e. The van der Waals surface area contributed by atoms with Crippen molar-refractivity contribution in [3.05, 3.63) is 34.1 Å². The highest BCUT2D eigenvalue weighted by Gasteiger charge is 2.33. The molecule has 1 aromatic rings. The average molecular weight is 358 g/mol. The van der Waals surface area contributed by atoms with Crippen LogP contribution in [0, 0.1) is 5.82 Å². The number of hydrogen-bond donors (Lipinski definition) is 0. The summed E-state index contributed by atoms with van der Waals surface area (Å²) in [6.07, 6.45) is 1.80. The van der Waals surface area contributed by atoms with E-state index < -0.39 is 5.60 Å². The Bertz CT molecular complexity index is 527. The molecule has 1 saturated heterocycles. The molecule has 0 spiro atoms. The molecule has 0 unspecified atom stereocenters. The molecule has 2 rings (SSSR count). The van der Waals surface area contributed by atoms with Crippen LogP contribution in [0.15, 0.2) is 22.7 Å². The van der Waals surface area contributed by atoms with Gasteiger partial charge in [-0.1, -0.05) is 6.07 Å². The highest BCUT2D eigenvalue weighted by molar-refractivity contribution is 9.10. The van der Waals surface area contributed by atoms with E-state index >= 15 is 0 Å². The Balaban J connectivity index is 2.05. The Morgan fingerprint density at radius 2 is 2.19 bits per heavy atom. The van der Waals surface area contributed by atoms with Gasteiger partial charge in [0.05, 0.1) is 4.47 Å². The van der Waals surface area contributed by atoms with Crippen LogP contribution in [0.2, 0.25) is 0 Å². The second-order valence-electron chi connectivity index (χ2n) is 6.41. The average Bonchev–Trinajstić information content (AvgIpc) is 2.80. The molecule has 0 aromatic heterocycles. The minimum atomic E-state index is -0.468. The Labute approximate surface area is 133 Å². The summed E-state index contributed by atoms with van der Waals surface area (Å²) in [5.74, 6) is -0.440. The number of benzene rings is 1. The van der Waals surface area contributed by atoms with E-state index in [1.165, 1.54) is 6.07 Å². The molecule has 0 N–H and O–H groups in total. The summed E-state index contributed by atoms with van der Waals surface area (Å²) in [5, 5.41) is 0. The van der Waals surface area contributed by atoms with Gasteiger partial charge in [-0.3, -0.25) is 9.69 Å². The first-order chi connectivity index (χ1) is 9.76. The molecule has 0 bridgehead atoms. The van der Waals surface area contributed by atoms with Gasteiger partial charge in [-0.2, -0.15) is 0 Å². The molecule has 0 aliphatic carbocycles. The van der Waals surface area contributed by atoms with Gasteiger partial charge in [-0.25, -0.2) is 4.39 Å². The van der Waals surface area contributed by atoms with Crippen molar-refractivity contribution >= 4 is 21.9 Å². The standard InChI is InChI=1S/C16H21BrFNO2/c1-16(2,3)21-15(20)14-5-4-8-19(14)10-11-6-7-13(18)12(17)9-11/h6-7,9,14H,4-5,8,10H2,1-3H3/t14-/m0/s1. The zero-order chi connectivity index (χ0) is 15.6. The third-order valence-corrected chi connectivity index (χ3v) is 4.02. The fourth-order valence-electron chi connectivity index (χ4n) is 2.52. The highest BCUT2D eigenvalue weighted by atomic mass is 79.9. The number of halogens is 2. The first-order valence-corrected chi connectivity index (χ1v) is 7.96. The molecule has 1 heterocycles. The lowest BCUT2D eigenvalue weighted by atomic mass is 10.1. The van der Waals surface area contributed by atoms with Gasteiger partial charge in [0.1, 0.15) is 17.5 Å². The second-order valence-corrected chi connectivity index (χ2v) is 7.26. The first kappa shape index (κ1) is 16.4. The minimum absolute atomic E-state index is 0.166. The highest BCUT2D eigenvalue weighted by Crippen LogP contribution is 2.24. The van der Waals surface area contributed by atoms with E-state index in [1.54, 1.807) is 12.1 Å². The van der Waals surface area contributed by atoms with Crippen LogP contribution >= 0.6 is 15.9 Å². The number of likely N-dealkylation sites (tertiary alicyclic amines) is 1. The van der Waals surface area contributed by atoms with Crippen molar-refractivity contribution in [2.75, 3.05) is 6.54 Å². The number of nitrogens with zero attached hydrogens (tertiary/aromatic N) is 1. The summed E-state index contributed by atoms with van der Waals surface area (Å²) in [7, 11) is 0. The van der Waals surface area contributed by atoms with Crippen LogP contribution in [-0.4, -0.2) is 29.1 Å². The quantitative estimate of drug-likeness (QED) is 0.768. The SMILES string of the molecule is CC(C)(C)OC(=O)[C@@H]1CCCN1Cc1ccc(F)c(Br)c1. The molecule has 1 aliphatic rings. The third kappa shape index (κ3) is 4.51. The smallest absolute Gasteiger partial charge is 0.323 e. The van der Waals surface area contributed by atoms with Crippen LogP contribution in [0.3, 0.4) is 0 Å². The zero-order valence-electron chi connectivity index (χ0n) is 12.7. The van der Waals surface area contributed by atoms with Crippen LogP contribution in [0.5, 0.6) is 0 Å². The van der Waals surface area contributed by atoms with E-state index in [0.717, 1.165) is 24.9 Å². The molecular formula is C16H21BrFNO2. The Morgan fingerprint density at radius 1 is 1.48 bits per heavy atom. The molecular weight excluding hydrogens is 337 g/mol. The zero-order valence-corrected chi connectivity index (χ0v) is 14.2. The number of carbonyl (C=O) groups is 1. The summed E-state index contributed by atoms with van der Waals surface area (Å²) in [6.45, 7) is 7.12. The van der Waals surface area contributed by atoms with E-state index in [9.17, 15) is 9.18 Å². The van der Waals surface area contributed by atoms with E-state index in [-0.39, 0.29) is 17.8 Å². The summed E-state index contributed by atoms with van der Waals surface area (Å²) in [4.78, 5) is 14.4.